The maximum absolute atomic E-state index is 12.3. The van der Waals surface area contributed by atoms with E-state index in [9.17, 15) is 4.79 Å². The number of rotatable bonds is 5. The molecule has 2 aromatic carbocycles. The predicted molar refractivity (Wildman–Crippen MR) is 96.8 cm³/mol. The van der Waals surface area contributed by atoms with Gasteiger partial charge in [-0.1, -0.05) is 59.8 Å². The lowest BCUT2D eigenvalue weighted by Crippen LogP contribution is -2.36. The Kier molecular flexibility index (Phi) is 5.14. The second kappa shape index (κ2) is 7.66. The molecule has 3 rings (SSSR count). The lowest BCUT2D eigenvalue weighted by molar-refractivity contribution is 0.206. The number of benzene rings is 2. The first-order valence-electron chi connectivity index (χ1n) is 8.18. The van der Waals surface area contributed by atoms with Gasteiger partial charge in [-0.3, -0.25) is 0 Å². The van der Waals surface area contributed by atoms with Crippen molar-refractivity contribution in [2.24, 2.45) is 0 Å². The number of aromatic nitrogens is 1. The Labute approximate surface area is 147 Å². The number of nitrogens with zero attached hydrogens (tertiary/aromatic N) is 2. The molecule has 0 atom stereocenters. The third kappa shape index (κ3) is 4.26. The average Bonchev–Trinajstić information content (AvgIpc) is 3.06. The first kappa shape index (κ1) is 16.8. The van der Waals surface area contributed by atoms with Crippen molar-refractivity contribution >= 4 is 6.03 Å². The second-order valence-electron chi connectivity index (χ2n) is 5.97. The van der Waals surface area contributed by atoms with E-state index in [1.165, 1.54) is 0 Å². The molecule has 0 spiro atoms. The topological polar surface area (TPSA) is 58.4 Å². The summed E-state index contributed by atoms with van der Waals surface area (Å²) in [5, 5.41) is 6.73. The van der Waals surface area contributed by atoms with Crippen molar-refractivity contribution in [3.8, 4) is 11.1 Å². The Morgan fingerprint density at radius 1 is 1.12 bits per heavy atom. The van der Waals surface area contributed by atoms with Gasteiger partial charge in [-0.15, -0.1) is 0 Å². The third-order valence-corrected chi connectivity index (χ3v) is 3.95. The number of hydrogen-bond acceptors (Lipinski definition) is 3. The lowest BCUT2D eigenvalue weighted by atomic mass is 9.99. The molecule has 0 aliphatic rings. The number of urea groups is 1. The van der Waals surface area contributed by atoms with Crippen LogP contribution in [0.15, 0.2) is 65.2 Å². The molecule has 128 valence electrons. The van der Waals surface area contributed by atoms with Crippen LogP contribution < -0.4 is 5.32 Å². The molecule has 0 aliphatic carbocycles. The average molecular weight is 335 g/mol. The second-order valence-corrected chi connectivity index (χ2v) is 5.97. The molecule has 5 nitrogen and oxygen atoms in total. The molecule has 1 N–H and O–H groups in total. The third-order valence-electron chi connectivity index (χ3n) is 3.95. The molecule has 1 heterocycles. The van der Waals surface area contributed by atoms with Crippen molar-refractivity contribution in [1.29, 1.82) is 0 Å². The highest BCUT2D eigenvalue weighted by Gasteiger charge is 2.12. The molecular weight excluding hydrogens is 314 g/mol. The van der Waals surface area contributed by atoms with Crippen LogP contribution in [0.5, 0.6) is 0 Å². The van der Waals surface area contributed by atoms with Gasteiger partial charge in [0.15, 0.2) is 0 Å². The van der Waals surface area contributed by atoms with Crippen LogP contribution in [0.4, 0.5) is 4.79 Å². The fraction of sp³-hybridized carbons (Fsp3) is 0.200. The fourth-order valence-corrected chi connectivity index (χ4v) is 2.69. The number of carbonyl (C=O) groups excluding carboxylic acids is 1. The summed E-state index contributed by atoms with van der Waals surface area (Å²) in [5.74, 6) is 0.731. The van der Waals surface area contributed by atoms with E-state index in [-0.39, 0.29) is 6.03 Å². The van der Waals surface area contributed by atoms with E-state index in [1.54, 1.807) is 11.9 Å². The molecule has 0 unspecified atom stereocenters. The minimum Gasteiger partial charge on any atom is -0.361 e. The molecule has 0 radical (unpaired) electrons. The maximum atomic E-state index is 12.3. The predicted octanol–water partition coefficient (Wildman–Crippen LogP) is 3.99. The number of hydrogen-bond donors (Lipinski definition) is 1. The SMILES string of the molecule is Cc1cc(CNC(=O)N(C)Cc2ccccc2-c2ccccc2)no1. The number of amides is 2. The number of nitrogens with one attached hydrogen (secondary N) is 1. The van der Waals surface area contributed by atoms with Crippen molar-refractivity contribution in [1.82, 2.24) is 15.4 Å². The summed E-state index contributed by atoms with van der Waals surface area (Å²) < 4.78 is 5.00. The zero-order valence-electron chi connectivity index (χ0n) is 14.4. The summed E-state index contributed by atoms with van der Waals surface area (Å²) in [6, 6.07) is 20.0. The van der Waals surface area contributed by atoms with Gasteiger partial charge in [-0.05, 0) is 23.6 Å². The van der Waals surface area contributed by atoms with Crippen LogP contribution in [0.2, 0.25) is 0 Å². The normalized spacial score (nSPS) is 10.5. The standard InChI is InChI=1S/C20H21N3O2/c1-15-12-18(22-25-15)13-21-20(24)23(2)14-17-10-6-7-11-19(17)16-8-4-3-5-9-16/h3-12H,13-14H2,1-2H3,(H,21,24). The molecule has 0 fully saturated rings. The van der Waals surface area contributed by atoms with Gasteiger partial charge < -0.3 is 14.7 Å². The smallest absolute Gasteiger partial charge is 0.317 e. The van der Waals surface area contributed by atoms with Crippen LogP contribution in [-0.4, -0.2) is 23.1 Å². The van der Waals surface area contributed by atoms with E-state index < -0.39 is 0 Å². The van der Waals surface area contributed by atoms with Crippen LogP contribution in [-0.2, 0) is 13.1 Å². The van der Waals surface area contributed by atoms with E-state index in [4.69, 9.17) is 4.52 Å². The van der Waals surface area contributed by atoms with Gasteiger partial charge in [0.25, 0.3) is 0 Å². The highest BCUT2D eigenvalue weighted by Crippen LogP contribution is 2.24. The van der Waals surface area contributed by atoms with E-state index in [0.717, 1.165) is 22.5 Å². The molecule has 5 heteroatoms. The van der Waals surface area contributed by atoms with Crippen LogP contribution in [0, 0.1) is 6.92 Å². The van der Waals surface area contributed by atoms with E-state index in [2.05, 4.69) is 28.7 Å². The summed E-state index contributed by atoms with van der Waals surface area (Å²) in [5.41, 5.74) is 4.09. The minimum atomic E-state index is -0.150. The van der Waals surface area contributed by atoms with E-state index >= 15 is 0 Å². The lowest BCUT2D eigenvalue weighted by Gasteiger charge is -2.19. The quantitative estimate of drug-likeness (QED) is 0.767. The first-order valence-corrected chi connectivity index (χ1v) is 8.18. The van der Waals surface area contributed by atoms with Gasteiger partial charge in [0, 0.05) is 19.7 Å². The van der Waals surface area contributed by atoms with Crippen LogP contribution in [0.1, 0.15) is 17.0 Å². The number of carbonyl (C=O) groups is 1. The molecule has 0 bridgehead atoms. The first-order chi connectivity index (χ1) is 12.1. The highest BCUT2D eigenvalue weighted by atomic mass is 16.5. The molecule has 0 saturated carbocycles. The van der Waals surface area contributed by atoms with Gasteiger partial charge in [0.1, 0.15) is 11.5 Å². The molecule has 3 aromatic rings. The molecule has 0 saturated heterocycles. The van der Waals surface area contributed by atoms with Crippen molar-refractivity contribution in [3.63, 3.8) is 0 Å². The summed E-state index contributed by atoms with van der Waals surface area (Å²) in [7, 11) is 1.78. The van der Waals surface area contributed by atoms with E-state index in [0.29, 0.717) is 18.8 Å². The molecule has 0 aliphatic heterocycles. The zero-order chi connectivity index (χ0) is 17.6. The Bertz CT molecular complexity index is 843. The minimum absolute atomic E-state index is 0.150. The van der Waals surface area contributed by atoms with Gasteiger partial charge in [-0.25, -0.2) is 4.79 Å². The Hall–Kier alpha value is -3.08. The van der Waals surface area contributed by atoms with Crippen molar-refractivity contribution < 1.29 is 9.32 Å². The summed E-state index contributed by atoms with van der Waals surface area (Å²) in [6.07, 6.45) is 0. The van der Waals surface area contributed by atoms with Gasteiger partial charge in [0.2, 0.25) is 0 Å². The van der Waals surface area contributed by atoms with Crippen LogP contribution in [0.25, 0.3) is 11.1 Å². The van der Waals surface area contributed by atoms with Crippen LogP contribution in [0.3, 0.4) is 0 Å². The van der Waals surface area contributed by atoms with Crippen molar-refractivity contribution in [2.45, 2.75) is 20.0 Å². The highest BCUT2D eigenvalue weighted by molar-refractivity contribution is 5.74. The monoisotopic (exact) mass is 335 g/mol. The van der Waals surface area contributed by atoms with Crippen molar-refractivity contribution in [2.75, 3.05) is 7.05 Å². The Balaban J connectivity index is 1.66. The Morgan fingerprint density at radius 3 is 2.56 bits per heavy atom. The molecule has 1 aromatic heterocycles. The van der Waals surface area contributed by atoms with Gasteiger partial charge in [0.05, 0.1) is 6.54 Å². The van der Waals surface area contributed by atoms with Crippen LogP contribution >= 0.6 is 0 Å². The maximum Gasteiger partial charge on any atom is 0.317 e. The fourth-order valence-electron chi connectivity index (χ4n) is 2.69. The van der Waals surface area contributed by atoms with E-state index in [1.807, 2.05) is 49.4 Å². The molecule has 25 heavy (non-hydrogen) atoms. The molecule has 2 amide bonds. The molecular formula is C20H21N3O2. The summed E-state index contributed by atoms with van der Waals surface area (Å²) in [6.45, 7) is 2.69. The summed E-state index contributed by atoms with van der Waals surface area (Å²) in [4.78, 5) is 14.0. The summed E-state index contributed by atoms with van der Waals surface area (Å²) >= 11 is 0. The number of aryl methyl sites for hydroxylation is 1. The Morgan fingerprint density at radius 2 is 1.84 bits per heavy atom. The largest absolute Gasteiger partial charge is 0.361 e. The van der Waals surface area contributed by atoms with Gasteiger partial charge >= 0.3 is 6.03 Å². The zero-order valence-corrected chi connectivity index (χ0v) is 14.4. The van der Waals surface area contributed by atoms with Gasteiger partial charge in [-0.2, -0.15) is 0 Å². The van der Waals surface area contributed by atoms with Crippen molar-refractivity contribution in [3.05, 3.63) is 77.7 Å².